The lowest BCUT2D eigenvalue weighted by Crippen LogP contribution is -2.41. The van der Waals surface area contributed by atoms with Crippen molar-refractivity contribution in [3.8, 4) is 0 Å². The first-order valence-corrected chi connectivity index (χ1v) is 6.75. The number of ether oxygens (including phenoxy) is 1. The minimum Gasteiger partial charge on any atom is -0.466 e. The van der Waals surface area contributed by atoms with Gasteiger partial charge in [-0.3, -0.25) is 9.59 Å². The Balaban J connectivity index is 2.31. The average molecular weight is 298 g/mol. The molecule has 21 heavy (non-hydrogen) atoms. The third-order valence-electron chi connectivity index (χ3n) is 2.94. The molecule has 0 aliphatic carbocycles. The Kier molecular flexibility index (Phi) is 6.90. The molecule has 118 valence electrons. The van der Waals surface area contributed by atoms with Gasteiger partial charge in [0.05, 0.1) is 12.7 Å². The largest absolute Gasteiger partial charge is 0.466 e. The molecule has 0 saturated heterocycles. The molecular formula is C14H22N2O5. The molecule has 1 rings (SSSR count). The molecule has 0 bridgehead atoms. The molecule has 1 aromatic rings. The number of hydrogen-bond acceptors (Lipinski definition) is 5. The molecule has 0 saturated carbocycles. The fourth-order valence-corrected chi connectivity index (χ4v) is 1.89. The maximum Gasteiger partial charge on any atom is 0.309 e. The minimum atomic E-state index is -0.737. The van der Waals surface area contributed by atoms with E-state index in [0.29, 0.717) is 24.4 Å². The molecule has 1 heterocycles. The first kappa shape index (κ1) is 17.2. The Morgan fingerprint density at radius 1 is 1.29 bits per heavy atom. The van der Waals surface area contributed by atoms with Crippen molar-refractivity contribution in [2.75, 3.05) is 26.8 Å². The third-order valence-corrected chi connectivity index (χ3v) is 2.94. The maximum atomic E-state index is 11.5. The van der Waals surface area contributed by atoms with Crippen molar-refractivity contribution in [2.24, 2.45) is 0 Å². The van der Waals surface area contributed by atoms with Crippen LogP contribution in [0.4, 0.5) is 0 Å². The van der Waals surface area contributed by atoms with Crippen molar-refractivity contribution in [1.82, 2.24) is 10.6 Å². The zero-order valence-electron chi connectivity index (χ0n) is 12.6. The van der Waals surface area contributed by atoms with Gasteiger partial charge in [0.15, 0.2) is 0 Å². The predicted octanol–water partition coefficient (Wildman–Crippen LogP) is 0.199. The Hall–Kier alpha value is -1.86. The lowest BCUT2D eigenvalue weighted by atomic mass is 10.1. The number of carbonyl (C=O) groups excluding carboxylic acids is 2. The predicted molar refractivity (Wildman–Crippen MR) is 75.7 cm³/mol. The lowest BCUT2D eigenvalue weighted by molar-refractivity contribution is -0.139. The quantitative estimate of drug-likeness (QED) is 0.493. The smallest absolute Gasteiger partial charge is 0.309 e. The second kappa shape index (κ2) is 8.43. The summed E-state index contributed by atoms with van der Waals surface area (Å²) in [5.74, 6) is -0.0537. The number of methoxy groups -OCH3 is 1. The van der Waals surface area contributed by atoms with Gasteiger partial charge < -0.3 is 24.9 Å². The van der Waals surface area contributed by atoms with E-state index in [0.717, 1.165) is 5.76 Å². The Bertz CT molecular complexity index is 484. The molecule has 1 aromatic heterocycles. The number of carbonyl (C=O) groups is 2. The van der Waals surface area contributed by atoms with Crippen molar-refractivity contribution >= 4 is 11.8 Å². The molecule has 0 unspecified atom stereocenters. The van der Waals surface area contributed by atoms with E-state index < -0.39 is 17.9 Å². The number of nitrogens with one attached hydrogen (secondary N) is 2. The van der Waals surface area contributed by atoms with Crippen LogP contribution in [0.2, 0.25) is 0 Å². The van der Waals surface area contributed by atoms with Gasteiger partial charge in [-0.05, 0) is 26.3 Å². The van der Waals surface area contributed by atoms with E-state index in [1.807, 2.05) is 0 Å². The number of amides is 2. The van der Waals surface area contributed by atoms with Gasteiger partial charge in [-0.15, -0.1) is 0 Å². The number of rotatable bonds is 7. The monoisotopic (exact) mass is 298 g/mol. The van der Waals surface area contributed by atoms with Crippen LogP contribution in [0, 0.1) is 13.8 Å². The molecule has 7 nitrogen and oxygen atoms in total. The normalized spacial score (nSPS) is 12.0. The number of aryl methyl sites for hydroxylation is 2. The minimum absolute atomic E-state index is 0.196. The summed E-state index contributed by atoms with van der Waals surface area (Å²) in [4.78, 5) is 22.8. The van der Waals surface area contributed by atoms with Crippen LogP contribution in [0.1, 0.15) is 29.6 Å². The standard InChI is InChI=1S/C14H22N2O5/c1-9-8-11(10(2)21-9)12(17)4-5-15-13(18)14(19)16-6-7-20-3/h8,12,17H,4-7H2,1-3H3,(H,15,18)(H,16,19)/t12-/m1/s1. The molecule has 0 aromatic carbocycles. The van der Waals surface area contributed by atoms with Gasteiger partial charge in [-0.2, -0.15) is 0 Å². The maximum absolute atomic E-state index is 11.5. The summed E-state index contributed by atoms with van der Waals surface area (Å²) in [5, 5.41) is 14.9. The van der Waals surface area contributed by atoms with Gasteiger partial charge in [-0.25, -0.2) is 0 Å². The van der Waals surface area contributed by atoms with Crippen molar-refractivity contribution in [3.63, 3.8) is 0 Å². The second-order valence-corrected chi connectivity index (χ2v) is 4.68. The van der Waals surface area contributed by atoms with Crippen molar-refractivity contribution in [3.05, 3.63) is 23.2 Å². The first-order chi connectivity index (χ1) is 9.95. The van der Waals surface area contributed by atoms with Crippen LogP contribution in [0.25, 0.3) is 0 Å². The van der Waals surface area contributed by atoms with E-state index in [4.69, 9.17) is 9.15 Å². The zero-order chi connectivity index (χ0) is 15.8. The molecule has 3 N–H and O–H groups in total. The van der Waals surface area contributed by atoms with E-state index in [1.54, 1.807) is 19.9 Å². The van der Waals surface area contributed by atoms with Crippen molar-refractivity contribution in [2.45, 2.75) is 26.4 Å². The summed E-state index contributed by atoms with van der Waals surface area (Å²) >= 11 is 0. The summed E-state index contributed by atoms with van der Waals surface area (Å²) < 4.78 is 10.1. The molecule has 2 amide bonds. The van der Waals surface area contributed by atoms with E-state index in [1.165, 1.54) is 7.11 Å². The lowest BCUT2D eigenvalue weighted by Gasteiger charge is -2.10. The van der Waals surface area contributed by atoms with E-state index in [9.17, 15) is 14.7 Å². The Morgan fingerprint density at radius 2 is 1.90 bits per heavy atom. The SMILES string of the molecule is COCCNC(=O)C(=O)NCC[C@@H](O)c1cc(C)oc1C. The van der Waals surface area contributed by atoms with Gasteiger partial charge in [0.2, 0.25) is 0 Å². The van der Waals surface area contributed by atoms with Crippen LogP contribution < -0.4 is 10.6 Å². The Morgan fingerprint density at radius 3 is 2.43 bits per heavy atom. The molecule has 1 atom stereocenters. The van der Waals surface area contributed by atoms with Gasteiger partial charge in [0.1, 0.15) is 11.5 Å². The summed E-state index contributed by atoms with van der Waals surface area (Å²) in [5.41, 5.74) is 0.700. The Labute approximate surface area is 123 Å². The highest BCUT2D eigenvalue weighted by Gasteiger charge is 2.16. The molecule has 0 aliphatic rings. The van der Waals surface area contributed by atoms with Gasteiger partial charge in [-0.1, -0.05) is 0 Å². The van der Waals surface area contributed by atoms with Crippen LogP contribution in [0.3, 0.4) is 0 Å². The molecule has 0 aliphatic heterocycles. The summed E-state index contributed by atoms with van der Waals surface area (Å²) in [6.07, 6.45) is -0.434. The fraction of sp³-hybridized carbons (Fsp3) is 0.571. The highest BCUT2D eigenvalue weighted by atomic mass is 16.5. The topological polar surface area (TPSA) is 101 Å². The van der Waals surface area contributed by atoms with Crippen molar-refractivity contribution < 1.29 is 23.8 Å². The van der Waals surface area contributed by atoms with Gasteiger partial charge in [0.25, 0.3) is 0 Å². The number of aliphatic hydroxyl groups is 1. The molecule has 0 spiro atoms. The number of furan rings is 1. The number of aliphatic hydroxyl groups excluding tert-OH is 1. The first-order valence-electron chi connectivity index (χ1n) is 6.75. The second-order valence-electron chi connectivity index (χ2n) is 4.68. The van der Waals surface area contributed by atoms with Crippen LogP contribution in [-0.2, 0) is 14.3 Å². The summed E-state index contributed by atoms with van der Waals surface area (Å²) in [6, 6.07) is 1.76. The number of hydrogen-bond donors (Lipinski definition) is 3. The van der Waals surface area contributed by atoms with Crippen LogP contribution >= 0.6 is 0 Å². The summed E-state index contributed by atoms with van der Waals surface area (Å²) in [7, 11) is 1.51. The molecule has 7 heteroatoms. The fourth-order valence-electron chi connectivity index (χ4n) is 1.89. The van der Waals surface area contributed by atoms with E-state index in [2.05, 4.69) is 10.6 Å². The molecule has 0 radical (unpaired) electrons. The average Bonchev–Trinajstić information content (AvgIpc) is 2.77. The van der Waals surface area contributed by atoms with E-state index in [-0.39, 0.29) is 13.1 Å². The highest BCUT2D eigenvalue weighted by Crippen LogP contribution is 2.23. The van der Waals surface area contributed by atoms with Crippen molar-refractivity contribution in [1.29, 1.82) is 0 Å². The summed E-state index contributed by atoms with van der Waals surface area (Å²) in [6.45, 7) is 4.39. The van der Waals surface area contributed by atoms with Crippen LogP contribution in [0.5, 0.6) is 0 Å². The molecular weight excluding hydrogens is 276 g/mol. The molecule has 0 fully saturated rings. The van der Waals surface area contributed by atoms with Gasteiger partial charge in [0, 0.05) is 25.8 Å². The zero-order valence-corrected chi connectivity index (χ0v) is 12.6. The van der Waals surface area contributed by atoms with Crippen LogP contribution in [-0.4, -0.2) is 43.7 Å². The van der Waals surface area contributed by atoms with E-state index >= 15 is 0 Å². The third kappa shape index (κ3) is 5.57. The van der Waals surface area contributed by atoms with Crippen LogP contribution in [0.15, 0.2) is 10.5 Å². The highest BCUT2D eigenvalue weighted by molar-refractivity contribution is 6.35. The van der Waals surface area contributed by atoms with Gasteiger partial charge >= 0.3 is 11.8 Å².